The van der Waals surface area contributed by atoms with Crippen molar-refractivity contribution in [3.63, 3.8) is 0 Å². The Hall–Kier alpha value is -1.12. The summed E-state index contributed by atoms with van der Waals surface area (Å²) in [6.45, 7) is 3.37. The van der Waals surface area contributed by atoms with Gasteiger partial charge >= 0.3 is 0 Å². The molecule has 2 heteroatoms. The SMILES string of the molecule is CC(NCc1ccc(CO)cc1)C1CC2C=CC1C2. The second-order valence-electron chi connectivity index (χ2n) is 6.09. The summed E-state index contributed by atoms with van der Waals surface area (Å²) in [5, 5.41) is 12.7. The topological polar surface area (TPSA) is 32.3 Å². The van der Waals surface area contributed by atoms with Gasteiger partial charge in [0, 0.05) is 12.6 Å². The molecule has 0 aromatic heterocycles. The molecule has 0 saturated heterocycles. The van der Waals surface area contributed by atoms with Crippen molar-refractivity contribution in [2.75, 3.05) is 0 Å². The van der Waals surface area contributed by atoms with Gasteiger partial charge < -0.3 is 10.4 Å². The van der Waals surface area contributed by atoms with Crippen molar-refractivity contribution in [3.05, 3.63) is 47.5 Å². The number of allylic oxidation sites excluding steroid dienone is 2. The monoisotopic (exact) mass is 257 g/mol. The lowest BCUT2D eigenvalue weighted by Crippen LogP contribution is -2.35. The van der Waals surface area contributed by atoms with Crippen molar-refractivity contribution >= 4 is 0 Å². The van der Waals surface area contributed by atoms with Gasteiger partial charge in [-0.05, 0) is 48.6 Å². The van der Waals surface area contributed by atoms with Crippen LogP contribution in [0.5, 0.6) is 0 Å². The van der Waals surface area contributed by atoms with Crippen LogP contribution in [0.25, 0.3) is 0 Å². The van der Waals surface area contributed by atoms with Gasteiger partial charge in [0.2, 0.25) is 0 Å². The van der Waals surface area contributed by atoms with E-state index in [9.17, 15) is 0 Å². The Morgan fingerprint density at radius 3 is 2.47 bits per heavy atom. The Morgan fingerprint density at radius 2 is 1.89 bits per heavy atom. The maximum absolute atomic E-state index is 9.03. The number of benzene rings is 1. The molecule has 19 heavy (non-hydrogen) atoms. The van der Waals surface area contributed by atoms with E-state index in [0.717, 1.165) is 29.9 Å². The van der Waals surface area contributed by atoms with E-state index in [0.29, 0.717) is 6.04 Å². The van der Waals surface area contributed by atoms with Crippen molar-refractivity contribution in [1.82, 2.24) is 5.32 Å². The summed E-state index contributed by atoms with van der Waals surface area (Å²) >= 11 is 0. The zero-order valence-corrected chi connectivity index (χ0v) is 11.5. The maximum atomic E-state index is 9.03. The highest BCUT2D eigenvalue weighted by atomic mass is 16.3. The van der Waals surface area contributed by atoms with Crippen molar-refractivity contribution in [2.45, 2.75) is 39.0 Å². The largest absolute Gasteiger partial charge is 0.392 e. The first kappa shape index (κ1) is 12.9. The summed E-state index contributed by atoms with van der Waals surface area (Å²) in [4.78, 5) is 0. The molecule has 2 nitrogen and oxygen atoms in total. The van der Waals surface area contributed by atoms with E-state index in [1.807, 2.05) is 12.1 Å². The first-order chi connectivity index (χ1) is 9.26. The Labute approximate surface area is 115 Å². The molecule has 1 aromatic carbocycles. The van der Waals surface area contributed by atoms with E-state index in [4.69, 9.17) is 5.11 Å². The smallest absolute Gasteiger partial charge is 0.0681 e. The molecule has 0 heterocycles. The van der Waals surface area contributed by atoms with Gasteiger partial charge in [-0.15, -0.1) is 0 Å². The quantitative estimate of drug-likeness (QED) is 0.795. The van der Waals surface area contributed by atoms with Crippen molar-refractivity contribution in [3.8, 4) is 0 Å². The summed E-state index contributed by atoms with van der Waals surface area (Å²) in [7, 11) is 0. The molecule has 2 bridgehead atoms. The van der Waals surface area contributed by atoms with Crippen LogP contribution in [-0.4, -0.2) is 11.1 Å². The number of nitrogens with one attached hydrogen (secondary N) is 1. The highest BCUT2D eigenvalue weighted by Crippen LogP contribution is 2.44. The number of aliphatic hydroxyl groups is 1. The van der Waals surface area contributed by atoms with Gasteiger partial charge in [0.15, 0.2) is 0 Å². The lowest BCUT2D eigenvalue weighted by molar-refractivity contribution is 0.282. The molecule has 2 aliphatic carbocycles. The van der Waals surface area contributed by atoms with Crippen LogP contribution in [0.4, 0.5) is 0 Å². The normalized spacial score (nSPS) is 29.9. The summed E-state index contributed by atoms with van der Waals surface area (Å²) in [6.07, 6.45) is 7.56. The van der Waals surface area contributed by atoms with Gasteiger partial charge in [0.1, 0.15) is 0 Å². The van der Waals surface area contributed by atoms with Crippen LogP contribution in [-0.2, 0) is 13.2 Å². The van der Waals surface area contributed by atoms with Crippen LogP contribution >= 0.6 is 0 Å². The lowest BCUT2D eigenvalue weighted by Gasteiger charge is -2.26. The van der Waals surface area contributed by atoms with E-state index in [1.165, 1.54) is 18.4 Å². The molecule has 0 aliphatic heterocycles. The Kier molecular flexibility index (Phi) is 3.72. The molecule has 3 rings (SSSR count). The second-order valence-corrected chi connectivity index (χ2v) is 6.09. The average molecular weight is 257 g/mol. The highest BCUT2D eigenvalue weighted by molar-refractivity contribution is 5.22. The Bertz CT molecular complexity index is 451. The molecule has 2 aliphatic rings. The highest BCUT2D eigenvalue weighted by Gasteiger charge is 2.38. The van der Waals surface area contributed by atoms with Crippen molar-refractivity contribution in [1.29, 1.82) is 0 Å². The minimum absolute atomic E-state index is 0.127. The van der Waals surface area contributed by atoms with Crippen LogP contribution in [0.3, 0.4) is 0 Å². The molecule has 102 valence electrons. The molecule has 4 unspecified atom stereocenters. The fourth-order valence-electron chi connectivity index (χ4n) is 3.59. The summed E-state index contributed by atoms with van der Waals surface area (Å²) < 4.78 is 0. The first-order valence-corrected chi connectivity index (χ1v) is 7.36. The van der Waals surface area contributed by atoms with Crippen LogP contribution in [0, 0.1) is 17.8 Å². The minimum atomic E-state index is 0.127. The van der Waals surface area contributed by atoms with Crippen LogP contribution in [0.15, 0.2) is 36.4 Å². The molecule has 1 aromatic rings. The maximum Gasteiger partial charge on any atom is 0.0681 e. The van der Waals surface area contributed by atoms with Gasteiger partial charge in [0.25, 0.3) is 0 Å². The predicted molar refractivity (Wildman–Crippen MR) is 77.5 cm³/mol. The standard InChI is InChI=1S/C17H23NO/c1-12(17-9-15-6-7-16(17)8-15)18-10-13-2-4-14(11-19)5-3-13/h2-7,12,15-19H,8-11H2,1H3. The third-order valence-electron chi connectivity index (χ3n) is 4.81. The summed E-state index contributed by atoms with van der Waals surface area (Å²) in [5.74, 6) is 2.47. The fraction of sp³-hybridized carbons (Fsp3) is 0.529. The Balaban J connectivity index is 1.52. The molecule has 4 atom stereocenters. The first-order valence-electron chi connectivity index (χ1n) is 7.36. The summed E-state index contributed by atoms with van der Waals surface area (Å²) in [6, 6.07) is 8.79. The van der Waals surface area contributed by atoms with E-state index >= 15 is 0 Å². The van der Waals surface area contributed by atoms with Gasteiger partial charge in [-0.25, -0.2) is 0 Å². The molecule has 1 saturated carbocycles. The molecule has 0 radical (unpaired) electrons. The van der Waals surface area contributed by atoms with E-state index in [2.05, 4.69) is 36.5 Å². The third kappa shape index (κ3) is 2.75. The second kappa shape index (κ2) is 5.48. The zero-order chi connectivity index (χ0) is 13.2. The molecule has 0 spiro atoms. The average Bonchev–Trinajstić information content (AvgIpc) is 3.08. The number of fused-ring (bicyclic) bond motifs is 2. The van der Waals surface area contributed by atoms with Gasteiger partial charge in [-0.3, -0.25) is 0 Å². The number of hydrogen-bond donors (Lipinski definition) is 2. The molecular formula is C17H23NO. The third-order valence-corrected chi connectivity index (χ3v) is 4.81. The van der Waals surface area contributed by atoms with E-state index in [-0.39, 0.29) is 6.61 Å². The van der Waals surface area contributed by atoms with Crippen molar-refractivity contribution < 1.29 is 5.11 Å². The van der Waals surface area contributed by atoms with Crippen molar-refractivity contribution in [2.24, 2.45) is 17.8 Å². The fourth-order valence-corrected chi connectivity index (χ4v) is 3.59. The van der Waals surface area contributed by atoms with Crippen LogP contribution in [0.1, 0.15) is 30.9 Å². The summed E-state index contributed by atoms with van der Waals surface area (Å²) in [5.41, 5.74) is 2.28. The minimum Gasteiger partial charge on any atom is -0.392 e. The van der Waals surface area contributed by atoms with Gasteiger partial charge in [-0.1, -0.05) is 36.4 Å². The molecule has 0 amide bonds. The molecule has 2 N–H and O–H groups in total. The van der Waals surface area contributed by atoms with Crippen LogP contribution in [0.2, 0.25) is 0 Å². The molecule has 1 fully saturated rings. The zero-order valence-electron chi connectivity index (χ0n) is 11.5. The Morgan fingerprint density at radius 1 is 1.16 bits per heavy atom. The number of aliphatic hydroxyl groups excluding tert-OH is 1. The number of rotatable bonds is 5. The lowest BCUT2D eigenvalue weighted by atomic mass is 9.87. The van der Waals surface area contributed by atoms with Gasteiger partial charge in [0.05, 0.1) is 6.61 Å². The number of hydrogen-bond acceptors (Lipinski definition) is 2. The predicted octanol–water partition coefficient (Wildman–Crippen LogP) is 2.87. The van der Waals surface area contributed by atoms with E-state index in [1.54, 1.807) is 0 Å². The molecular weight excluding hydrogens is 234 g/mol. The van der Waals surface area contributed by atoms with E-state index < -0.39 is 0 Å². The van der Waals surface area contributed by atoms with Gasteiger partial charge in [-0.2, -0.15) is 0 Å². The van der Waals surface area contributed by atoms with Crippen LogP contribution < -0.4 is 5.32 Å².